The molecule has 0 amide bonds. The van der Waals surface area contributed by atoms with E-state index in [0.29, 0.717) is 5.69 Å². The Balaban J connectivity index is 2.12. The topological polar surface area (TPSA) is 65.9 Å². The monoisotopic (exact) mass is 238 g/mol. The number of rotatable bonds is 3. The Morgan fingerprint density at radius 3 is 2.78 bits per heavy atom. The highest BCUT2D eigenvalue weighted by molar-refractivity contribution is 5.47. The van der Waals surface area contributed by atoms with E-state index in [1.807, 2.05) is 43.4 Å². The summed E-state index contributed by atoms with van der Waals surface area (Å²) in [7, 11) is 1.98. The maximum atomic E-state index is 8.69. The Hall–Kier alpha value is -2.54. The molecule has 4 nitrogen and oxygen atoms in total. The number of pyridine rings is 1. The molecule has 1 aromatic carbocycles. The summed E-state index contributed by atoms with van der Waals surface area (Å²) in [4.78, 5) is 6.11. The van der Waals surface area contributed by atoms with Crippen LogP contribution in [0.15, 0.2) is 42.6 Å². The molecule has 0 aliphatic heterocycles. The number of anilines is 2. The Labute approximate surface area is 106 Å². The maximum Gasteiger partial charge on any atom is 0.140 e. The van der Waals surface area contributed by atoms with Gasteiger partial charge in [-0.05, 0) is 29.8 Å². The van der Waals surface area contributed by atoms with Crippen molar-refractivity contribution in [1.29, 1.82) is 5.26 Å². The molecule has 2 N–H and O–H groups in total. The number of nitrogens with two attached hydrogens (primary N) is 1. The van der Waals surface area contributed by atoms with Gasteiger partial charge in [-0.15, -0.1) is 0 Å². The summed E-state index contributed by atoms with van der Waals surface area (Å²) in [5.41, 5.74) is 9.04. The fourth-order valence-corrected chi connectivity index (χ4v) is 1.73. The summed E-state index contributed by atoms with van der Waals surface area (Å²) in [5.74, 6) is 0. The molecule has 0 aliphatic carbocycles. The van der Waals surface area contributed by atoms with Gasteiger partial charge in [0.1, 0.15) is 11.8 Å². The second kappa shape index (κ2) is 5.19. The van der Waals surface area contributed by atoms with Crippen LogP contribution in [0.1, 0.15) is 11.3 Å². The van der Waals surface area contributed by atoms with Crippen LogP contribution in [-0.2, 0) is 6.54 Å². The van der Waals surface area contributed by atoms with Gasteiger partial charge in [0, 0.05) is 19.3 Å². The van der Waals surface area contributed by atoms with Crippen molar-refractivity contribution in [2.75, 3.05) is 17.7 Å². The zero-order chi connectivity index (χ0) is 13.0. The van der Waals surface area contributed by atoms with E-state index in [1.165, 1.54) is 0 Å². The standard InChI is InChI=1S/C14H14N4/c1-18(10-11-3-2-4-12(16)7-11)14-6-5-13(8-15)17-9-14/h2-7,9H,10,16H2,1H3. The molecule has 1 aromatic heterocycles. The van der Waals surface area contributed by atoms with E-state index in [1.54, 1.807) is 12.3 Å². The van der Waals surface area contributed by atoms with E-state index in [9.17, 15) is 0 Å². The van der Waals surface area contributed by atoms with Crippen molar-refractivity contribution in [3.05, 3.63) is 53.9 Å². The largest absolute Gasteiger partial charge is 0.399 e. The summed E-state index contributed by atoms with van der Waals surface area (Å²) >= 11 is 0. The molecule has 0 saturated carbocycles. The van der Waals surface area contributed by atoms with Crippen LogP contribution in [0, 0.1) is 11.3 Å². The third-order valence-corrected chi connectivity index (χ3v) is 2.67. The first kappa shape index (κ1) is 11.9. The van der Waals surface area contributed by atoms with Gasteiger partial charge in [0.25, 0.3) is 0 Å². The summed E-state index contributed by atoms with van der Waals surface area (Å²) in [6, 6.07) is 13.4. The average Bonchev–Trinajstić information content (AvgIpc) is 2.39. The van der Waals surface area contributed by atoms with Crippen LogP contribution in [0.4, 0.5) is 11.4 Å². The van der Waals surface area contributed by atoms with Gasteiger partial charge in [-0.1, -0.05) is 12.1 Å². The highest BCUT2D eigenvalue weighted by atomic mass is 15.1. The number of hydrogen-bond donors (Lipinski definition) is 1. The molecule has 90 valence electrons. The van der Waals surface area contributed by atoms with Crippen LogP contribution in [0.5, 0.6) is 0 Å². The Morgan fingerprint density at radius 1 is 1.33 bits per heavy atom. The molecule has 0 atom stereocenters. The van der Waals surface area contributed by atoms with Crippen molar-refractivity contribution in [2.24, 2.45) is 0 Å². The highest BCUT2D eigenvalue weighted by Gasteiger charge is 2.03. The van der Waals surface area contributed by atoms with Crippen molar-refractivity contribution in [3.63, 3.8) is 0 Å². The van der Waals surface area contributed by atoms with Crippen LogP contribution in [0.2, 0.25) is 0 Å². The lowest BCUT2D eigenvalue weighted by Crippen LogP contribution is -2.16. The number of aromatic nitrogens is 1. The van der Waals surface area contributed by atoms with Gasteiger partial charge in [-0.25, -0.2) is 4.98 Å². The fraction of sp³-hybridized carbons (Fsp3) is 0.143. The van der Waals surface area contributed by atoms with Crippen molar-refractivity contribution in [3.8, 4) is 6.07 Å². The molecule has 18 heavy (non-hydrogen) atoms. The highest BCUT2D eigenvalue weighted by Crippen LogP contribution is 2.15. The van der Waals surface area contributed by atoms with Crippen LogP contribution >= 0.6 is 0 Å². The predicted octanol–water partition coefficient (Wildman–Crippen LogP) is 2.17. The van der Waals surface area contributed by atoms with E-state index in [2.05, 4.69) is 9.88 Å². The van der Waals surface area contributed by atoms with Crippen LogP contribution in [0.25, 0.3) is 0 Å². The second-order valence-electron chi connectivity index (χ2n) is 4.11. The fourth-order valence-electron chi connectivity index (χ4n) is 1.73. The molecule has 0 spiro atoms. The van der Waals surface area contributed by atoms with Gasteiger partial charge in [0.2, 0.25) is 0 Å². The van der Waals surface area contributed by atoms with Gasteiger partial charge >= 0.3 is 0 Å². The normalized spacial score (nSPS) is 9.78. The lowest BCUT2D eigenvalue weighted by atomic mass is 10.2. The van der Waals surface area contributed by atoms with Crippen molar-refractivity contribution < 1.29 is 0 Å². The van der Waals surface area contributed by atoms with Gasteiger partial charge in [0.15, 0.2) is 0 Å². The molecule has 2 aromatic rings. The number of nitriles is 1. The lowest BCUT2D eigenvalue weighted by Gasteiger charge is -2.19. The molecular weight excluding hydrogens is 224 g/mol. The zero-order valence-electron chi connectivity index (χ0n) is 10.2. The average molecular weight is 238 g/mol. The number of nitrogen functional groups attached to an aromatic ring is 1. The minimum atomic E-state index is 0.427. The lowest BCUT2D eigenvalue weighted by molar-refractivity contribution is 0.918. The molecular formula is C14H14N4. The maximum absolute atomic E-state index is 8.69. The van der Waals surface area contributed by atoms with Gasteiger partial charge < -0.3 is 10.6 Å². The van der Waals surface area contributed by atoms with Crippen LogP contribution in [0.3, 0.4) is 0 Å². The minimum Gasteiger partial charge on any atom is -0.399 e. The minimum absolute atomic E-state index is 0.427. The molecule has 4 heteroatoms. The first-order valence-corrected chi connectivity index (χ1v) is 5.61. The summed E-state index contributed by atoms with van der Waals surface area (Å²) in [6.07, 6.45) is 1.70. The van der Waals surface area contributed by atoms with E-state index >= 15 is 0 Å². The van der Waals surface area contributed by atoms with E-state index in [4.69, 9.17) is 11.0 Å². The molecule has 0 fully saturated rings. The van der Waals surface area contributed by atoms with Gasteiger partial charge in [-0.3, -0.25) is 0 Å². The molecule has 0 unspecified atom stereocenters. The number of hydrogen-bond acceptors (Lipinski definition) is 4. The SMILES string of the molecule is CN(Cc1cccc(N)c1)c1ccc(C#N)nc1. The summed E-state index contributed by atoms with van der Waals surface area (Å²) in [6.45, 7) is 0.749. The third kappa shape index (κ3) is 2.77. The first-order chi connectivity index (χ1) is 8.69. The Bertz CT molecular complexity index is 569. The van der Waals surface area contributed by atoms with Crippen molar-refractivity contribution in [1.82, 2.24) is 4.98 Å². The number of nitrogens with zero attached hydrogens (tertiary/aromatic N) is 3. The smallest absolute Gasteiger partial charge is 0.140 e. The summed E-state index contributed by atoms with van der Waals surface area (Å²) < 4.78 is 0. The predicted molar refractivity (Wildman–Crippen MR) is 71.9 cm³/mol. The Morgan fingerprint density at radius 2 is 2.17 bits per heavy atom. The molecule has 0 saturated heterocycles. The zero-order valence-corrected chi connectivity index (χ0v) is 10.2. The summed E-state index contributed by atoms with van der Waals surface area (Å²) in [5, 5.41) is 8.69. The second-order valence-corrected chi connectivity index (χ2v) is 4.11. The molecule has 1 heterocycles. The Kier molecular flexibility index (Phi) is 3.44. The molecule has 0 aliphatic rings. The number of benzene rings is 1. The van der Waals surface area contributed by atoms with Gasteiger partial charge in [-0.2, -0.15) is 5.26 Å². The van der Waals surface area contributed by atoms with Crippen molar-refractivity contribution >= 4 is 11.4 Å². The van der Waals surface area contributed by atoms with E-state index in [0.717, 1.165) is 23.5 Å². The van der Waals surface area contributed by atoms with E-state index in [-0.39, 0.29) is 0 Å². The van der Waals surface area contributed by atoms with Crippen molar-refractivity contribution in [2.45, 2.75) is 6.54 Å². The third-order valence-electron chi connectivity index (χ3n) is 2.67. The molecule has 0 bridgehead atoms. The first-order valence-electron chi connectivity index (χ1n) is 5.61. The molecule has 0 radical (unpaired) electrons. The van der Waals surface area contributed by atoms with Crippen LogP contribution in [-0.4, -0.2) is 12.0 Å². The quantitative estimate of drug-likeness (QED) is 0.832. The molecule has 2 rings (SSSR count). The van der Waals surface area contributed by atoms with Crippen LogP contribution < -0.4 is 10.6 Å². The van der Waals surface area contributed by atoms with Gasteiger partial charge in [0.05, 0.1) is 11.9 Å². The van der Waals surface area contributed by atoms with E-state index < -0.39 is 0 Å².